The molecule has 2 rings (SSSR count). The molecule has 0 spiro atoms. The molecule has 1 heterocycles. The van der Waals surface area contributed by atoms with Gasteiger partial charge in [0.15, 0.2) is 0 Å². The van der Waals surface area contributed by atoms with Crippen molar-refractivity contribution in [1.82, 2.24) is 4.90 Å². The molecule has 2 atom stereocenters. The van der Waals surface area contributed by atoms with E-state index in [4.69, 9.17) is 4.74 Å². The predicted molar refractivity (Wildman–Crippen MR) is 49.0 cm³/mol. The normalized spacial score (nSPS) is 30.2. The van der Waals surface area contributed by atoms with Crippen molar-refractivity contribution in [3.05, 3.63) is 23.4 Å². The van der Waals surface area contributed by atoms with Gasteiger partial charge in [0.2, 0.25) is 0 Å². The fraction of sp³-hybridized carbons (Fsp3) is 0.500. The van der Waals surface area contributed by atoms with E-state index < -0.39 is 0 Å². The smallest absolute Gasteiger partial charge is 0.414 e. The number of hydrogen-bond donors (Lipinski definition) is 0. The molecule has 2 unspecified atom stereocenters. The molecule has 0 bridgehead atoms. The van der Waals surface area contributed by atoms with Crippen molar-refractivity contribution in [1.29, 1.82) is 0 Å². The lowest BCUT2D eigenvalue weighted by atomic mass is 9.79. The summed E-state index contributed by atoms with van der Waals surface area (Å²) in [5.74, 6) is 0.430. The van der Waals surface area contributed by atoms with E-state index in [2.05, 4.69) is 6.08 Å². The van der Waals surface area contributed by atoms with Crippen molar-refractivity contribution in [3.8, 4) is 0 Å². The Hall–Kier alpha value is -1.25. The molecule has 0 aromatic carbocycles. The number of nitrogens with zero attached hydrogens (tertiary/aromatic N) is 1. The maximum Gasteiger partial charge on any atom is 0.414 e. The molecular formula is C10H13NO2. The molecule has 1 amide bonds. The zero-order valence-electron chi connectivity index (χ0n) is 8.07. The third-order valence-electron chi connectivity index (χ3n) is 2.80. The average molecular weight is 179 g/mol. The molecule has 0 aromatic rings. The lowest BCUT2D eigenvalue weighted by Crippen LogP contribution is -2.41. The summed E-state index contributed by atoms with van der Waals surface area (Å²) in [5, 5.41) is 0. The molecule has 0 fully saturated rings. The second-order valence-electron chi connectivity index (χ2n) is 3.63. The fourth-order valence-corrected chi connectivity index (χ4v) is 2.07. The summed E-state index contributed by atoms with van der Waals surface area (Å²) in [5.41, 5.74) is 2.49. The Labute approximate surface area is 77.7 Å². The van der Waals surface area contributed by atoms with Gasteiger partial charge >= 0.3 is 6.09 Å². The molecule has 0 aromatic heterocycles. The van der Waals surface area contributed by atoms with Gasteiger partial charge in [-0.15, -0.1) is 0 Å². The molecule has 1 aliphatic heterocycles. The minimum atomic E-state index is -0.265. The summed E-state index contributed by atoms with van der Waals surface area (Å²) in [6.45, 7) is 4.09. The highest BCUT2D eigenvalue weighted by atomic mass is 16.5. The number of amides is 1. The second kappa shape index (κ2) is 2.62. The summed E-state index contributed by atoms with van der Waals surface area (Å²) in [6, 6.07) is 0.229. The van der Waals surface area contributed by atoms with E-state index in [1.807, 2.05) is 20.0 Å². The van der Waals surface area contributed by atoms with Crippen molar-refractivity contribution >= 4 is 6.09 Å². The Kier molecular flexibility index (Phi) is 1.68. The van der Waals surface area contributed by atoms with Crippen LogP contribution >= 0.6 is 0 Å². The van der Waals surface area contributed by atoms with E-state index in [0.29, 0.717) is 5.92 Å². The highest BCUT2D eigenvalue weighted by Crippen LogP contribution is 2.41. The first kappa shape index (κ1) is 8.35. The van der Waals surface area contributed by atoms with Crippen LogP contribution in [0.2, 0.25) is 0 Å². The van der Waals surface area contributed by atoms with Crippen LogP contribution in [0.3, 0.4) is 0 Å². The van der Waals surface area contributed by atoms with E-state index >= 15 is 0 Å². The monoisotopic (exact) mass is 179 g/mol. The minimum absolute atomic E-state index is 0.229. The number of hydrogen-bond acceptors (Lipinski definition) is 2. The molecule has 70 valence electrons. The van der Waals surface area contributed by atoms with Crippen molar-refractivity contribution in [2.45, 2.75) is 19.9 Å². The van der Waals surface area contributed by atoms with Gasteiger partial charge in [0.25, 0.3) is 0 Å². The van der Waals surface area contributed by atoms with Crippen LogP contribution in [0, 0.1) is 5.92 Å². The zero-order chi connectivity index (χ0) is 9.59. The fourth-order valence-electron chi connectivity index (χ4n) is 2.07. The number of carbonyl (C=O) groups excluding carboxylic acids is 1. The molecule has 0 saturated carbocycles. The molecule has 13 heavy (non-hydrogen) atoms. The van der Waals surface area contributed by atoms with E-state index in [0.717, 1.165) is 0 Å². The Bertz CT molecular complexity index is 317. The average Bonchev–Trinajstić information content (AvgIpc) is 2.36. The first-order chi connectivity index (χ1) is 6.15. The highest BCUT2D eigenvalue weighted by molar-refractivity contribution is 5.72. The van der Waals surface area contributed by atoms with Crippen LogP contribution in [-0.4, -0.2) is 24.1 Å². The summed E-state index contributed by atoms with van der Waals surface area (Å²) in [6.07, 6.45) is 3.81. The SMILES string of the molecule is COC(=O)N1C=C(C)C2C=C(C)C21. The highest BCUT2D eigenvalue weighted by Gasteiger charge is 2.42. The van der Waals surface area contributed by atoms with Gasteiger partial charge in [-0.25, -0.2) is 4.79 Å². The van der Waals surface area contributed by atoms with Crippen LogP contribution in [0.1, 0.15) is 13.8 Å². The maximum absolute atomic E-state index is 11.3. The lowest BCUT2D eigenvalue weighted by molar-refractivity contribution is 0.129. The molecule has 2 aliphatic rings. The van der Waals surface area contributed by atoms with E-state index in [-0.39, 0.29) is 12.1 Å². The van der Waals surface area contributed by atoms with Crippen LogP contribution in [0.25, 0.3) is 0 Å². The third kappa shape index (κ3) is 0.996. The number of carbonyl (C=O) groups is 1. The molecular weight excluding hydrogens is 166 g/mol. The Balaban J connectivity index is 2.24. The van der Waals surface area contributed by atoms with Gasteiger partial charge in [0.05, 0.1) is 13.2 Å². The van der Waals surface area contributed by atoms with Gasteiger partial charge < -0.3 is 4.74 Å². The third-order valence-corrected chi connectivity index (χ3v) is 2.80. The van der Waals surface area contributed by atoms with Crippen molar-refractivity contribution in [2.75, 3.05) is 7.11 Å². The molecule has 0 saturated heterocycles. The first-order valence-electron chi connectivity index (χ1n) is 4.38. The lowest BCUT2D eigenvalue weighted by Gasteiger charge is -2.34. The predicted octanol–water partition coefficient (Wildman–Crippen LogP) is 1.92. The summed E-state index contributed by atoms with van der Waals surface area (Å²) < 4.78 is 4.70. The Morgan fingerprint density at radius 2 is 2.15 bits per heavy atom. The van der Waals surface area contributed by atoms with Crippen molar-refractivity contribution in [3.63, 3.8) is 0 Å². The quantitative estimate of drug-likeness (QED) is 0.532. The number of rotatable bonds is 0. The van der Waals surface area contributed by atoms with E-state index in [1.54, 1.807) is 4.90 Å². The van der Waals surface area contributed by atoms with Crippen LogP contribution in [-0.2, 0) is 4.74 Å². The van der Waals surface area contributed by atoms with Crippen molar-refractivity contribution < 1.29 is 9.53 Å². The second-order valence-corrected chi connectivity index (χ2v) is 3.63. The number of methoxy groups -OCH3 is 1. The zero-order valence-corrected chi connectivity index (χ0v) is 8.07. The van der Waals surface area contributed by atoms with Gasteiger partial charge in [-0.3, -0.25) is 4.90 Å². The van der Waals surface area contributed by atoms with Gasteiger partial charge in [0.1, 0.15) is 0 Å². The molecule has 1 aliphatic carbocycles. The molecule has 3 nitrogen and oxygen atoms in total. The maximum atomic E-state index is 11.3. The molecule has 3 heteroatoms. The van der Waals surface area contributed by atoms with Crippen LogP contribution < -0.4 is 0 Å². The minimum Gasteiger partial charge on any atom is -0.452 e. The van der Waals surface area contributed by atoms with Gasteiger partial charge in [-0.1, -0.05) is 11.6 Å². The van der Waals surface area contributed by atoms with Crippen molar-refractivity contribution in [2.24, 2.45) is 5.92 Å². The van der Waals surface area contributed by atoms with E-state index in [9.17, 15) is 4.79 Å². The first-order valence-corrected chi connectivity index (χ1v) is 4.38. The van der Waals surface area contributed by atoms with Gasteiger partial charge in [-0.2, -0.15) is 0 Å². The Morgan fingerprint density at radius 3 is 2.69 bits per heavy atom. The topological polar surface area (TPSA) is 29.5 Å². The van der Waals surface area contributed by atoms with Crippen LogP contribution in [0.4, 0.5) is 4.79 Å². The van der Waals surface area contributed by atoms with Gasteiger partial charge in [0, 0.05) is 12.1 Å². The number of fused-ring (bicyclic) bond motifs is 1. The van der Waals surface area contributed by atoms with Crippen LogP contribution in [0.5, 0.6) is 0 Å². The molecule has 0 N–H and O–H groups in total. The Morgan fingerprint density at radius 1 is 1.46 bits per heavy atom. The number of ether oxygens (including phenoxy) is 1. The summed E-state index contributed by atoms with van der Waals surface area (Å²) in [7, 11) is 1.41. The standard InChI is InChI=1S/C10H13NO2/c1-6-4-8-7(2)5-11(9(6)8)10(12)13-3/h4-5,8-9H,1-3H3. The summed E-state index contributed by atoms with van der Waals surface area (Å²) >= 11 is 0. The van der Waals surface area contributed by atoms with E-state index in [1.165, 1.54) is 18.3 Å². The summed E-state index contributed by atoms with van der Waals surface area (Å²) in [4.78, 5) is 13.0. The largest absolute Gasteiger partial charge is 0.452 e. The molecule has 0 radical (unpaired) electrons. The van der Waals surface area contributed by atoms with Crippen LogP contribution in [0.15, 0.2) is 23.4 Å². The van der Waals surface area contributed by atoms with Gasteiger partial charge in [-0.05, 0) is 19.4 Å².